The molecule has 0 aliphatic heterocycles. The van der Waals surface area contributed by atoms with Gasteiger partial charge in [0.25, 0.3) is 0 Å². The van der Waals surface area contributed by atoms with Crippen LogP contribution in [-0.2, 0) is 16.0 Å². The van der Waals surface area contributed by atoms with E-state index in [4.69, 9.17) is 5.73 Å². The van der Waals surface area contributed by atoms with Crippen LogP contribution in [-0.4, -0.2) is 19.1 Å². The summed E-state index contributed by atoms with van der Waals surface area (Å²) in [6.07, 6.45) is 0.500. The fourth-order valence-electron chi connectivity index (χ4n) is 1.11. The number of benzene rings is 1. The average molecular weight is 295 g/mol. The van der Waals surface area contributed by atoms with E-state index in [1.165, 1.54) is 7.11 Å². The van der Waals surface area contributed by atoms with Crippen LogP contribution >= 0.6 is 28.3 Å². The van der Waals surface area contributed by atoms with Gasteiger partial charge in [0.15, 0.2) is 0 Å². The summed E-state index contributed by atoms with van der Waals surface area (Å²) in [5.74, 6) is -0.382. The summed E-state index contributed by atoms with van der Waals surface area (Å²) in [5.41, 5.74) is 6.63. The summed E-state index contributed by atoms with van der Waals surface area (Å²) in [7, 11) is 1.34. The van der Waals surface area contributed by atoms with Crippen LogP contribution in [0.15, 0.2) is 28.7 Å². The zero-order chi connectivity index (χ0) is 10.6. The van der Waals surface area contributed by atoms with E-state index in [1.54, 1.807) is 0 Å². The Labute approximate surface area is 104 Å². The molecule has 3 nitrogen and oxygen atoms in total. The van der Waals surface area contributed by atoms with Crippen molar-refractivity contribution in [3.63, 3.8) is 0 Å². The van der Waals surface area contributed by atoms with Gasteiger partial charge in [-0.3, -0.25) is 4.79 Å². The minimum atomic E-state index is -0.582. The first-order valence-corrected chi connectivity index (χ1v) is 5.00. The van der Waals surface area contributed by atoms with E-state index in [0.29, 0.717) is 6.42 Å². The summed E-state index contributed by atoms with van der Waals surface area (Å²) in [6.45, 7) is 0. The van der Waals surface area contributed by atoms with Crippen molar-refractivity contribution in [2.75, 3.05) is 7.11 Å². The lowest BCUT2D eigenvalue weighted by Crippen LogP contribution is -2.33. The molecule has 1 aromatic carbocycles. The normalized spacial score (nSPS) is 11.4. The molecule has 5 heteroatoms. The Bertz CT molecular complexity index is 316. The fourth-order valence-corrected chi connectivity index (χ4v) is 1.37. The zero-order valence-corrected chi connectivity index (χ0v) is 10.7. The van der Waals surface area contributed by atoms with Gasteiger partial charge in [0, 0.05) is 4.47 Å². The van der Waals surface area contributed by atoms with Crippen molar-refractivity contribution in [1.29, 1.82) is 0 Å². The van der Waals surface area contributed by atoms with Gasteiger partial charge in [-0.2, -0.15) is 0 Å². The molecule has 1 atom stereocenters. The molecule has 0 radical (unpaired) electrons. The molecule has 84 valence electrons. The molecule has 0 amide bonds. The van der Waals surface area contributed by atoms with E-state index in [2.05, 4.69) is 20.7 Å². The van der Waals surface area contributed by atoms with Gasteiger partial charge in [-0.1, -0.05) is 28.1 Å². The van der Waals surface area contributed by atoms with Crippen LogP contribution in [0.2, 0.25) is 0 Å². The molecular weight excluding hydrogens is 281 g/mol. The number of carbonyl (C=O) groups is 1. The number of halogens is 2. The monoisotopic (exact) mass is 293 g/mol. The van der Waals surface area contributed by atoms with E-state index in [-0.39, 0.29) is 18.4 Å². The van der Waals surface area contributed by atoms with Gasteiger partial charge in [-0.15, -0.1) is 12.4 Å². The van der Waals surface area contributed by atoms with Crippen molar-refractivity contribution < 1.29 is 9.53 Å². The van der Waals surface area contributed by atoms with Crippen LogP contribution in [0.3, 0.4) is 0 Å². The van der Waals surface area contributed by atoms with Crippen molar-refractivity contribution in [3.05, 3.63) is 34.3 Å². The Hall–Kier alpha value is -0.580. The molecule has 1 aromatic rings. The third-order valence-corrected chi connectivity index (χ3v) is 2.40. The number of methoxy groups -OCH3 is 1. The van der Waals surface area contributed by atoms with Gasteiger partial charge < -0.3 is 10.5 Å². The van der Waals surface area contributed by atoms with E-state index in [0.717, 1.165) is 10.0 Å². The molecule has 0 aromatic heterocycles. The van der Waals surface area contributed by atoms with Crippen LogP contribution in [0, 0.1) is 0 Å². The smallest absolute Gasteiger partial charge is 0.322 e. The van der Waals surface area contributed by atoms with Gasteiger partial charge in [0.2, 0.25) is 0 Å². The van der Waals surface area contributed by atoms with Crippen molar-refractivity contribution in [2.45, 2.75) is 12.5 Å². The maximum Gasteiger partial charge on any atom is 0.322 e. The molecule has 0 saturated heterocycles. The second-order valence-electron chi connectivity index (χ2n) is 2.96. The predicted octanol–water partition coefficient (Wildman–Crippen LogP) is 1.91. The molecule has 1 rings (SSSR count). The topological polar surface area (TPSA) is 52.3 Å². The Morgan fingerprint density at radius 2 is 2.00 bits per heavy atom. The number of carbonyl (C=O) groups excluding carboxylic acids is 1. The maximum atomic E-state index is 11.0. The second-order valence-corrected chi connectivity index (χ2v) is 3.88. The highest BCUT2D eigenvalue weighted by molar-refractivity contribution is 9.10. The molecule has 1 unspecified atom stereocenters. The van der Waals surface area contributed by atoms with Gasteiger partial charge >= 0.3 is 5.97 Å². The van der Waals surface area contributed by atoms with Crippen LogP contribution < -0.4 is 5.73 Å². The van der Waals surface area contributed by atoms with Gasteiger partial charge in [0.1, 0.15) is 6.04 Å². The van der Waals surface area contributed by atoms with E-state index in [9.17, 15) is 4.79 Å². The number of hydrogen-bond acceptors (Lipinski definition) is 3. The van der Waals surface area contributed by atoms with Crippen molar-refractivity contribution in [2.24, 2.45) is 5.73 Å². The van der Waals surface area contributed by atoms with E-state index in [1.807, 2.05) is 24.3 Å². The minimum absolute atomic E-state index is 0. The van der Waals surface area contributed by atoms with Crippen LogP contribution in [0.4, 0.5) is 0 Å². The van der Waals surface area contributed by atoms with Crippen molar-refractivity contribution >= 4 is 34.3 Å². The maximum absolute atomic E-state index is 11.0. The molecular formula is C10H13BrClNO2. The molecule has 0 heterocycles. The third-order valence-electron chi connectivity index (χ3n) is 1.87. The second kappa shape index (κ2) is 6.82. The molecule has 2 N–H and O–H groups in total. The highest BCUT2D eigenvalue weighted by Gasteiger charge is 2.13. The first-order valence-electron chi connectivity index (χ1n) is 4.21. The SMILES string of the molecule is COC(=O)C(N)Cc1ccc(Br)cc1.Cl. The number of ether oxygens (including phenoxy) is 1. The Morgan fingerprint density at radius 3 is 2.47 bits per heavy atom. The first-order chi connectivity index (χ1) is 6.63. The number of nitrogens with two attached hydrogens (primary N) is 1. The number of hydrogen-bond donors (Lipinski definition) is 1. The van der Waals surface area contributed by atoms with Crippen LogP contribution in [0.1, 0.15) is 5.56 Å². The Balaban J connectivity index is 0.00000196. The molecule has 0 spiro atoms. The average Bonchev–Trinajstić information content (AvgIpc) is 2.20. The summed E-state index contributed by atoms with van der Waals surface area (Å²) in [6, 6.07) is 7.10. The first kappa shape index (κ1) is 14.4. The molecule has 0 saturated carbocycles. The molecule has 0 aliphatic carbocycles. The molecule has 15 heavy (non-hydrogen) atoms. The zero-order valence-electron chi connectivity index (χ0n) is 8.27. The van der Waals surface area contributed by atoms with Crippen molar-refractivity contribution in [3.8, 4) is 0 Å². The largest absolute Gasteiger partial charge is 0.468 e. The summed E-state index contributed by atoms with van der Waals surface area (Å²) in [4.78, 5) is 11.0. The lowest BCUT2D eigenvalue weighted by molar-refractivity contribution is -0.142. The van der Waals surface area contributed by atoms with Gasteiger partial charge in [0.05, 0.1) is 7.11 Å². The fraction of sp³-hybridized carbons (Fsp3) is 0.300. The number of rotatable bonds is 3. The number of esters is 1. The van der Waals surface area contributed by atoms with Crippen LogP contribution in [0.5, 0.6) is 0 Å². The highest BCUT2D eigenvalue weighted by Crippen LogP contribution is 2.11. The standard InChI is InChI=1S/C10H12BrNO2.ClH/c1-14-10(13)9(12)6-7-2-4-8(11)5-3-7;/h2-5,9H,6,12H2,1H3;1H. The van der Waals surface area contributed by atoms with Crippen molar-refractivity contribution in [1.82, 2.24) is 0 Å². The van der Waals surface area contributed by atoms with E-state index >= 15 is 0 Å². The third kappa shape index (κ3) is 4.64. The summed E-state index contributed by atoms with van der Waals surface area (Å²) in [5, 5.41) is 0. The Morgan fingerprint density at radius 1 is 1.47 bits per heavy atom. The van der Waals surface area contributed by atoms with Gasteiger partial charge in [-0.25, -0.2) is 0 Å². The lowest BCUT2D eigenvalue weighted by Gasteiger charge is -2.08. The minimum Gasteiger partial charge on any atom is -0.468 e. The highest BCUT2D eigenvalue weighted by atomic mass is 79.9. The lowest BCUT2D eigenvalue weighted by atomic mass is 10.1. The molecule has 0 bridgehead atoms. The molecule has 0 fully saturated rings. The Kier molecular flexibility index (Phi) is 6.56. The predicted molar refractivity (Wildman–Crippen MR) is 65.1 cm³/mol. The summed E-state index contributed by atoms with van der Waals surface area (Å²) < 4.78 is 5.54. The van der Waals surface area contributed by atoms with Gasteiger partial charge in [-0.05, 0) is 24.1 Å². The summed E-state index contributed by atoms with van der Waals surface area (Å²) >= 11 is 3.33. The van der Waals surface area contributed by atoms with E-state index < -0.39 is 6.04 Å². The molecule has 0 aliphatic rings. The van der Waals surface area contributed by atoms with Crippen LogP contribution in [0.25, 0.3) is 0 Å². The quantitative estimate of drug-likeness (QED) is 0.867.